The van der Waals surface area contributed by atoms with Gasteiger partial charge in [0.05, 0.1) is 27.0 Å². The number of rotatable bonds is 8. The van der Waals surface area contributed by atoms with Gasteiger partial charge >= 0.3 is 0 Å². The number of methoxy groups -OCH3 is 2. The summed E-state index contributed by atoms with van der Waals surface area (Å²) in [4.78, 5) is 0. The molecular formula is C23H23N3O3S. The van der Waals surface area contributed by atoms with Gasteiger partial charge in [0, 0.05) is 16.9 Å². The topological polar surface area (TPSA) is 62.3 Å². The zero-order valence-electron chi connectivity index (χ0n) is 17.2. The van der Waals surface area contributed by atoms with Crippen molar-refractivity contribution in [2.45, 2.75) is 24.4 Å². The number of aryl methyl sites for hydroxylation is 1. The molecule has 2 heterocycles. The summed E-state index contributed by atoms with van der Waals surface area (Å²) in [6, 6.07) is 17.9. The normalized spacial score (nSPS) is 10.9. The molecule has 7 heteroatoms. The van der Waals surface area contributed by atoms with Crippen LogP contribution in [-0.4, -0.2) is 29.0 Å². The number of hydrogen-bond acceptors (Lipinski definition) is 6. The predicted octanol–water partition coefficient (Wildman–Crippen LogP) is 5.20. The van der Waals surface area contributed by atoms with Gasteiger partial charge in [-0.1, -0.05) is 41.6 Å². The van der Waals surface area contributed by atoms with E-state index in [2.05, 4.69) is 27.8 Å². The monoisotopic (exact) mass is 421 g/mol. The molecule has 2 aromatic heterocycles. The molecule has 0 N–H and O–H groups in total. The van der Waals surface area contributed by atoms with Crippen molar-refractivity contribution < 1.29 is 13.9 Å². The van der Waals surface area contributed by atoms with Crippen LogP contribution in [-0.2, 0) is 12.3 Å². The Bertz CT molecular complexity index is 1120. The van der Waals surface area contributed by atoms with E-state index in [9.17, 15) is 0 Å². The largest absolute Gasteiger partial charge is 0.497 e. The van der Waals surface area contributed by atoms with E-state index in [1.54, 1.807) is 32.2 Å². The lowest BCUT2D eigenvalue weighted by atomic mass is 10.1. The molecule has 0 saturated heterocycles. The first-order valence-electron chi connectivity index (χ1n) is 9.54. The van der Waals surface area contributed by atoms with Crippen LogP contribution in [0, 0.1) is 6.92 Å². The first kappa shape index (κ1) is 20.1. The molecule has 0 saturated carbocycles. The fourth-order valence-electron chi connectivity index (χ4n) is 3.23. The molecule has 0 spiro atoms. The highest BCUT2D eigenvalue weighted by molar-refractivity contribution is 7.98. The van der Waals surface area contributed by atoms with Crippen LogP contribution in [0.25, 0.3) is 11.4 Å². The molecule has 154 valence electrons. The second kappa shape index (κ2) is 9.09. The van der Waals surface area contributed by atoms with Crippen LogP contribution in [0.15, 0.2) is 70.4 Å². The molecular weight excluding hydrogens is 398 g/mol. The van der Waals surface area contributed by atoms with Gasteiger partial charge in [0.15, 0.2) is 11.0 Å². The summed E-state index contributed by atoms with van der Waals surface area (Å²) in [5.41, 5.74) is 3.26. The lowest BCUT2D eigenvalue weighted by molar-refractivity contribution is 0.411. The number of benzene rings is 2. The highest BCUT2D eigenvalue weighted by Crippen LogP contribution is 2.31. The molecule has 0 aliphatic rings. The Balaban J connectivity index is 1.67. The van der Waals surface area contributed by atoms with Crippen molar-refractivity contribution in [1.82, 2.24) is 14.8 Å². The van der Waals surface area contributed by atoms with Crippen LogP contribution in [0.1, 0.15) is 16.9 Å². The molecule has 30 heavy (non-hydrogen) atoms. The van der Waals surface area contributed by atoms with E-state index < -0.39 is 0 Å². The van der Waals surface area contributed by atoms with E-state index >= 15 is 0 Å². The van der Waals surface area contributed by atoms with Crippen molar-refractivity contribution in [1.29, 1.82) is 0 Å². The first-order valence-corrected chi connectivity index (χ1v) is 10.5. The van der Waals surface area contributed by atoms with Gasteiger partial charge in [-0.15, -0.1) is 10.2 Å². The van der Waals surface area contributed by atoms with Crippen LogP contribution in [0.2, 0.25) is 0 Å². The van der Waals surface area contributed by atoms with Crippen LogP contribution >= 0.6 is 11.8 Å². The van der Waals surface area contributed by atoms with Crippen molar-refractivity contribution in [3.63, 3.8) is 0 Å². The van der Waals surface area contributed by atoms with Crippen LogP contribution in [0.4, 0.5) is 0 Å². The Morgan fingerprint density at radius 2 is 1.90 bits per heavy atom. The highest BCUT2D eigenvalue weighted by atomic mass is 32.2. The lowest BCUT2D eigenvalue weighted by Gasteiger charge is -2.11. The van der Waals surface area contributed by atoms with Crippen molar-refractivity contribution in [3.05, 3.63) is 77.7 Å². The molecule has 0 aliphatic carbocycles. The van der Waals surface area contributed by atoms with Gasteiger partial charge in [0.25, 0.3) is 0 Å². The van der Waals surface area contributed by atoms with Gasteiger partial charge < -0.3 is 13.9 Å². The summed E-state index contributed by atoms with van der Waals surface area (Å²) >= 11 is 1.62. The quantitative estimate of drug-likeness (QED) is 0.364. The highest BCUT2D eigenvalue weighted by Gasteiger charge is 2.17. The van der Waals surface area contributed by atoms with Crippen LogP contribution in [0.5, 0.6) is 11.5 Å². The summed E-state index contributed by atoms with van der Waals surface area (Å²) < 4.78 is 18.5. The smallest absolute Gasteiger partial charge is 0.192 e. The van der Waals surface area contributed by atoms with E-state index in [-0.39, 0.29) is 0 Å². The van der Waals surface area contributed by atoms with Gasteiger partial charge in [0.2, 0.25) is 0 Å². The molecule has 0 aliphatic heterocycles. The number of nitrogens with zero attached hydrogens (tertiary/aromatic N) is 3. The Kier molecular flexibility index (Phi) is 6.09. The molecule has 4 aromatic rings. The Morgan fingerprint density at radius 3 is 2.67 bits per heavy atom. The number of hydrogen-bond donors (Lipinski definition) is 0. The minimum atomic E-state index is 0.541. The third-order valence-electron chi connectivity index (χ3n) is 4.73. The summed E-state index contributed by atoms with van der Waals surface area (Å²) in [5, 5.41) is 9.77. The molecule has 0 fully saturated rings. The second-order valence-electron chi connectivity index (χ2n) is 6.81. The summed E-state index contributed by atoms with van der Waals surface area (Å²) in [6.07, 6.45) is 1.68. The number of thioether (sulfide) groups is 1. The van der Waals surface area contributed by atoms with E-state index in [1.165, 1.54) is 5.56 Å². The molecule has 2 aromatic carbocycles. The summed E-state index contributed by atoms with van der Waals surface area (Å²) in [7, 11) is 3.35. The van der Waals surface area contributed by atoms with Crippen LogP contribution in [0.3, 0.4) is 0 Å². The molecule has 0 atom stereocenters. The summed E-state index contributed by atoms with van der Waals surface area (Å²) in [5.74, 6) is 3.98. The molecule has 6 nitrogen and oxygen atoms in total. The minimum absolute atomic E-state index is 0.541. The first-order chi connectivity index (χ1) is 14.7. The predicted molar refractivity (Wildman–Crippen MR) is 117 cm³/mol. The molecule has 4 rings (SSSR count). The fraction of sp³-hybridized carbons (Fsp3) is 0.217. The Labute approximate surface area is 179 Å². The maximum absolute atomic E-state index is 5.58. The lowest BCUT2D eigenvalue weighted by Crippen LogP contribution is -2.04. The molecule has 0 radical (unpaired) electrons. The van der Waals surface area contributed by atoms with Gasteiger partial charge in [-0.05, 0) is 37.3 Å². The van der Waals surface area contributed by atoms with Gasteiger partial charge in [-0.2, -0.15) is 0 Å². The van der Waals surface area contributed by atoms with Crippen molar-refractivity contribution in [2.24, 2.45) is 0 Å². The second-order valence-corrected chi connectivity index (χ2v) is 7.75. The van der Waals surface area contributed by atoms with Crippen molar-refractivity contribution >= 4 is 11.8 Å². The Morgan fingerprint density at radius 1 is 1.00 bits per heavy atom. The van der Waals surface area contributed by atoms with E-state index in [4.69, 9.17) is 13.9 Å². The Hall–Kier alpha value is -3.19. The minimum Gasteiger partial charge on any atom is -0.497 e. The number of furan rings is 1. The van der Waals surface area contributed by atoms with Crippen LogP contribution < -0.4 is 9.47 Å². The van der Waals surface area contributed by atoms with Crippen molar-refractivity contribution in [2.75, 3.05) is 14.2 Å². The third kappa shape index (κ3) is 4.36. The molecule has 0 unspecified atom stereocenters. The van der Waals surface area contributed by atoms with E-state index in [0.29, 0.717) is 6.54 Å². The zero-order valence-corrected chi connectivity index (χ0v) is 18.0. The van der Waals surface area contributed by atoms with Gasteiger partial charge in [-0.3, -0.25) is 4.57 Å². The van der Waals surface area contributed by atoms with E-state index in [0.717, 1.165) is 45.1 Å². The van der Waals surface area contributed by atoms with Gasteiger partial charge in [-0.25, -0.2) is 0 Å². The molecule has 0 bridgehead atoms. The van der Waals surface area contributed by atoms with Gasteiger partial charge in [0.1, 0.15) is 17.3 Å². The van der Waals surface area contributed by atoms with E-state index in [1.807, 2.05) is 48.5 Å². The number of aromatic nitrogens is 3. The SMILES string of the molecule is COc1cccc(-c2nnc(SCc3cc(C)ccc3OC)n2Cc2ccco2)c1. The summed E-state index contributed by atoms with van der Waals surface area (Å²) in [6.45, 7) is 2.62. The number of ether oxygens (including phenoxy) is 2. The average Bonchev–Trinajstić information content (AvgIpc) is 3.43. The fourth-order valence-corrected chi connectivity index (χ4v) is 4.15. The zero-order chi connectivity index (χ0) is 20.9. The standard InChI is InChI=1S/C23H23N3O3S/c1-16-9-10-21(28-3)18(12-16)15-30-23-25-24-22(17-6-4-7-19(13-17)27-2)26(23)14-20-8-5-11-29-20/h4-13H,14-15H2,1-3H3. The maximum atomic E-state index is 5.58. The third-order valence-corrected chi connectivity index (χ3v) is 5.75. The maximum Gasteiger partial charge on any atom is 0.192 e. The van der Waals surface area contributed by atoms with Crippen molar-refractivity contribution in [3.8, 4) is 22.9 Å². The average molecular weight is 422 g/mol. The molecule has 0 amide bonds.